The van der Waals surface area contributed by atoms with E-state index in [0.717, 1.165) is 54.1 Å². The molecule has 2 aromatic heterocycles. The van der Waals surface area contributed by atoms with Crippen molar-refractivity contribution in [2.75, 3.05) is 6.61 Å². The fraction of sp³-hybridized carbons (Fsp3) is 0.276. The van der Waals surface area contributed by atoms with E-state index in [9.17, 15) is 0 Å². The van der Waals surface area contributed by atoms with E-state index in [0.29, 0.717) is 17.9 Å². The molecule has 7 heteroatoms. The van der Waals surface area contributed by atoms with E-state index in [4.69, 9.17) is 19.3 Å². The Morgan fingerprint density at radius 3 is 2.72 bits per heavy atom. The monoisotopic (exact) mass is 478 g/mol. The van der Waals surface area contributed by atoms with Crippen molar-refractivity contribution in [2.45, 2.75) is 45.1 Å². The minimum atomic E-state index is -0.189. The van der Waals surface area contributed by atoms with Crippen LogP contribution in [0.15, 0.2) is 71.5 Å². The van der Waals surface area contributed by atoms with Crippen molar-refractivity contribution in [3.05, 3.63) is 95.2 Å². The van der Waals surface area contributed by atoms with Gasteiger partial charge in [0, 0.05) is 41.8 Å². The van der Waals surface area contributed by atoms with Crippen molar-refractivity contribution in [1.82, 2.24) is 14.7 Å². The van der Waals surface area contributed by atoms with Crippen LogP contribution in [0.1, 0.15) is 60.5 Å². The maximum atomic E-state index is 9.03. The summed E-state index contributed by atoms with van der Waals surface area (Å²) in [6.07, 6.45) is 6.46. The summed E-state index contributed by atoms with van der Waals surface area (Å²) in [6.45, 7) is 3.27. The molecular formula is C29H26N4O3. The molecule has 0 aliphatic carbocycles. The van der Waals surface area contributed by atoms with Crippen LogP contribution in [-0.4, -0.2) is 27.6 Å². The lowest BCUT2D eigenvalue weighted by Crippen LogP contribution is -2.24. The molecule has 180 valence electrons. The molecule has 1 saturated heterocycles. The van der Waals surface area contributed by atoms with E-state index in [-0.39, 0.29) is 12.4 Å². The van der Waals surface area contributed by atoms with Crippen LogP contribution < -0.4 is 0 Å². The third-order valence-electron chi connectivity index (χ3n) is 6.01. The van der Waals surface area contributed by atoms with E-state index in [2.05, 4.69) is 28.1 Å². The van der Waals surface area contributed by atoms with Crippen molar-refractivity contribution < 1.29 is 14.0 Å². The molecule has 1 fully saturated rings. The van der Waals surface area contributed by atoms with Crippen LogP contribution >= 0.6 is 0 Å². The average Bonchev–Trinajstić information content (AvgIpc) is 3.59. The molecule has 36 heavy (non-hydrogen) atoms. The number of benzene rings is 2. The van der Waals surface area contributed by atoms with E-state index >= 15 is 0 Å². The summed E-state index contributed by atoms with van der Waals surface area (Å²) in [7, 11) is 0. The van der Waals surface area contributed by atoms with Gasteiger partial charge in [0.05, 0.1) is 18.2 Å². The van der Waals surface area contributed by atoms with E-state index < -0.39 is 0 Å². The lowest BCUT2D eigenvalue weighted by Gasteiger charge is -2.26. The Hall–Kier alpha value is -4.17. The van der Waals surface area contributed by atoms with Crippen LogP contribution in [0.2, 0.25) is 0 Å². The van der Waals surface area contributed by atoms with Gasteiger partial charge in [0.25, 0.3) is 0 Å². The van der Waals surface area contributed by atoms with Crippen LogP contribution in [0, 0.1) is 23.2 Å². The summed E-state index contributed by atoms with van der Waals surface area (Å²) in [5.74, 6) is 7.75. The molecule has 2 atom stereocenters. The first-order chi connectivity index (χ1) is 17.7. The molecule has 5 rings (SSSR count). The molecule has 0 spiro atoms. The zero-order chi connectivity index (χ0) is 24.7. The first-order valence-corrected chi connectivity index (χ1v) is 12.0. The standard InChI is InChI=1S/C29H26N4O3/c1-21(35-28-7-2-3-16-34-28)29-31-14-15-33(29)20-26-18-27(36-32-26)25-12-10-22(11-13-25)8-9-23-5-4-6-24(17-23)19-30/h4-6,10-15,17-18,21,28H,2-3,7,16,20H2,1H3. The van der Waals surface area contributed by atoms with Crippen molar-refractivity contribution in [1.29, 1.82) is 5.26 Å². The molecule has 1 aliphatic heterocycles. The van der Waals surface area contributed by atoms with Crippen molar-refractivity contribution in [2.24, 2.45) is 0 Å². The molecular weight excluding hydrogens is 452 g/mol. The number of ether oxygens (including phenoxy) is 2. The Morgan fingerprint density at radius 1 is 1.08 bits per heavy atom. The number of imidazole rings is 1. The number of nitrogens with zero attached hydrogens (tertiary/aromatic N) is 4. The Bertz CT molecular complexity index is 1410. The third kappa shape index (κ3) is 5.72. The molecule has 0 radical (unpaired) electrons. The number of rotatable bonds is 6. The van der Waals surface area contributed by atoms with Crippen LogP contribution in [0.5, 0.6) is 0 Å². The molecule has 3 heterocycles. The van der Waals surface area contributed by atoms with Gasteiger partial charge in [-0.05, 0) is 68.7 Å². The molecule has 0 N–H and O–H groups in total. The van der Waals surface area contributed by atoms with E-state index in [1.807, 2.05) is 60.2 Å². The average molecular weight is 479 g/mol. The molecule has 4 aromatic rings. The number of hydrogen-bond donors (Lipinski definition) is 0. The summed E-state index contributed by atoms with van der Waals surface area (Å²) < 4.78 is 19.4. The fourth-order valence-electron chi connectivity index (χ4n) is 4.15. The maximum absolute atomic E-state index is 9.03. The van der Waals surface area contributed by atoms with Gasteiger partial charge < -0.3 is 18.6 Å². The van der Waals surface area contributed by atoms with E-state index in [1.54, 1.807) is 18.3 Å². The van der Waals surface area contributed by atoms with Crippen LogP contribution in [-0.2, 0) is 16.0 Å². The Labute approximate surface area is 210 Å². The highest BCUT2D eigenvalue weighted by atomic mass is 16.7. The minimum Gasteiger partial charge on any atom is -0.356 e. The Kier molecular flexibility index (Phi) is 7.23. The molecule has 0 bridgehead atoms. The summed E-state index contributed by atoms with van der Waals surface area (Å²) in [6, 6.07) is 19.1. The molecule has 0 saturated carbocycles. The summed E-state index contributed by atoms with van der Waals surface area (Å²) >= 11 is 0. The topological polar surface area (TPSA) is 86.1 Å². The molecule has 2 unspecified atom stereocenters. The SMILES string of the molecule is CC(OC1CCCCO1)c1nccn1Cc1cc(-c2ccc(C#Cc3cccc(C#N)c3)cc2)on1. The second-order valence-electron chi connectivity index (χ2n) is 8.69. The lowest BCUT2D eigenvalue weighted by atomic mass is 10.1. The Morgan fingerprint density at radius 2 is 1.92 bits per heavy atom. The van der Waals surface area contributed by atoms with E-state index in [1.165, 1.54) is 0 Å². The highest BCUT2D eigenvalue weighted by molar-refractivity contribution is 5.59. The zero-order valence-corrected chi connectivity index (χ0v) is 20.1. The van der Waals surface area contributed by atoms with Gasteiger partial charge in [-0.15, -0.1) is 0 Å². The fourth-order valence-corrected chi connectivity index (χ4v) is 4.15. The molecule has 7 nitrogen and oxygen atoms in total. The first-order valence-electron chi connectivity index (χ1n) is 12.0. The first kappa shape index (κ1) is 23.6. The van der Waals surface area contributed by atoms with Gasteiger partial charge in [-0.3, -0.25) is 0 Å². The van der Waals surface area contributed by atoms with Gasteiger partial charge in [-0.25, -0.2) is 4.98 Å². The Balaban J connectivity index is 1.24. The third-order valence-corrected chi connectivity index (χ3v) is 6.01. The van der Waals surface area contributed by atoms with Gasteiger partial charge in [0.2, 0.25) is 0 Å². The van der Waals surface area contributed by atoms with Gasteiger partial charge >= 0.3 is 0 Å². The number of nitriles is 1. The second kappa shape index (κ2) is 11.0. The summed E-state index contributed by atoms with van der Waals surface area (Å²) in [4.78, 5) is 4.50. The number of aromatic nitrogens is 3. The lowest BCUT2D eigenvalue weighted by molar-refractivity contribution is -0.188. The largest absolute Gasteiger partial charge is 0.356 e. The summed E-state index contributed by atoms with van der Waals surface area (Å²) in [5.41, 5.74) is 4.00. The second-order valence-corrected chi connectivity index (χ2v) is 8.69. The smallest absolute Gasteiger partial charge is 0.167 e. The van der Waals surface area contributed by atoms with Crippen LogP contribution in [0.25, 0.3) is 11.3 Å². The van der Waals surface area contributed by atoms with Gasteiger partial charge in [-0.1, -0.05) is 23.1 Å². The minimum absolute atomic E-state index is 0.173. The summed E-state index contributed by atoms with van der Waals surface area (Å²) in [5, 5.41) is 13.3. The predicted octanol–water partition coefficient (Wildman–Crippen LogP) is 5.46. The van der Waals surface area contributed by atoms with Crippen LogP contribution in [0.3, 0.4) is 0 Å². The van der Waals surface area contributed by atoms with Crippen LogP contribution in [0.4, 0.5) is 0 Å². The normalized spacial score (nSPS) is 16.1. The maximum Gasteiger partial charge on any atom is 0.167 e. The van der Waals surface area contributed by atoms with Crippen molar-refractivity contribution in [3.63, 3.8) is 0 Å². The predicted molar refractivity (Wildman–Crippen MR) is 133 cm³/mol. The molecule has 2 aromatic carbocycles. The highest BCUT2D eigenvalue weighted by Crippen LogP contribution is 2.25. The van der Waals surface area contributed by atoms with Gasteiger partial charge in [0.1, 0.15) is 17.6 Å². The highest BCUT2D eigenvalue weighted by Gasteiger charge is 2.21. The van der Waals surface area contributed by atoms with Gasteiger partial charge in [0.15, 0.2) is 12.1 Å². The quantitative estimate of drug-likeness (QED) is 0.342. The molecule has 0 amide bonds. The molecule has 1 aliphatic rings. The van der Waals surface area contributed by atoms with Gasteiger partial charge in [-0.2, -0.15) is 5.26 Å². The van der Waals surface area contributed by atoms with Crippen molar-refractivity contribution >= 4 is 0 Å². The zero-order valence-electron chi connectivity index (χ0n) is 20.1. The number of hydrogen-bond acceptors (Lipinski definition) is 6. The van der Waals surface area contributed by atoms with Crippen molar-refractivity contribution in [3.8, 4) is 29.2 Å².